The number of nitrogens with zero attached hydrogens (tertiary/aromatic N) is 1. The molecule has 0 radical (unpaired) electrons. The summed E-state index contributed by atoms with van der Waals surface area (Å²) >= 11 is 0. The maximum Gasteiger partial charge on any atom is 0.408 e. The predicted molar refractivity (Wildman–Crippen MR) is 147 cm³/mol. The Morgan fingerprint density at radius 2 is 1.59 bits per heavy atom. The van der Waals surface area contributed by atoms with E-state index in [0.29, 0.717) is 19.5 Å². The van der Waals surface area contributed by atoms with Gasteiger partial charge in [0.2, 0.25) is 5.91 Å². The summed E-state index contributed by atoms with van der Waals surface area (Å²) in [5.41, 5.74) is 4.36. The van der Waals surface area contributed by atoms with Crippen LogP contribution in [-0.4, -0.2) is 59.3 Å². The molecule has 0 spiro atoms. The fourth-order valence-electron chi connectivity index (χ4n) is 5.71. The van der Waals surface area contributed by atoms with Crippen molar-refractivity contribution in [2.45, 2.75) is 43.8 Å². The number of likely N-dealkylation sites (tertiary alicyclic amines) is 1. The number of alkyl carbamates (subject to hydrolysis) is 1. The zero-order valence-electron chi connectivity index (χ0n) is 21.9. The van der Waals surface area contributed by atoms with Crippen molar-refractivity contribution in [1.29, 1.82) is 0 Å². The molecule has 2 atom stereocenters. The minimum absolute atomic E-state index is 0.0957. The summed E-state index contributed by atoms with van der Waals surface area (Å²) in [5.74, 6) is -1.50. The summed E-state index contributed by atoms with van der Waals surface area (Å²) in [4.78, 5) is 39.9. The maximum atomic E-state index is 13.5. The quantitative estimate of drug-likeness (QED) is 0.386. The Labute approximate surface area is 228 Å². The number of carboxylic acid groups (broad SMARTS) is 1. The van der Waals surface area contributed by atoms with E-state index in [1.54, 1.807) is 6.92 Å². The second-order valence-electron chi connectivity index (χ2n) is 10.5. The van der Waals surface area contributed by atoms with E-state index >= 15 is 0 Å². The zero-order chi connectivity index (χ0) is 27.4. The number of fused-ring (bicyclic) bond motifs is 3. The first-order valence-corrected chi connectivity index (χ1v) is 13.3. The minimum atomic E-state index is -1.23. The van der Waals surface area contributed by atoms with Crippen LogP contribution < -0.4 is 10.6 Å². The molecule has 2 aliphatic rings. The molecule has 8 nitrogen and oxygen atoms in total. The van der Waals surface area contributed by atoms with Gasteiger partial charge in [-0.05, 0) is 41.2 Å². The molecule has 1 fully saturated rings. The fourth-order valence-corrected chi connectivity index (χ4v) is 5.71. The number of hydrogen-bond acceptors (Lipinski definition) is 5. The Morgan fingerprint density at radius 3 is 2.23 bits per heavy atom. The van der Waals surface area contributed by atoms with Gasteiger partial charge in [-0.3, -0.25) is 14.5 Å². The van der Waals surface area contributed by atoms with E-state index in [0.717, 1.165) is 27.8 Å². The van der Waals surface area contributed by atoms with Crippen molar-refractivity contribution in [3.8, 4) is 11.1 Å². The molecule has 1 saturated heterocycles. The lowest BCUT2D eigenvalue weighted by Gasteiger charge is -2.30. The van der Waals surface area contributed by atoms with Crippen molar-refractivity contribution in [3.63, 3.8) is 0 Å². The van der Waals surface area contributed by atoms with Crippen LogP contribution in [-0.2, 0) is 20.9 Å². The van der Waals surface area contributed by atoms with Gasteiger partial charge in [0, 0.05) is 31.6 Å². The van der Waals surface area contributed by atoms with Crippen molar-refractivity contribution in [1.82, 2.24) is 15.5 Å². The highest BCUT2D eigenvalue weighted by Gasteiger charge is 2.46. The number of rotatable bonds is 9. The number of nitrogens with one attached hydrogen (secondary N) is 2. The lowest BCUT2D eigenvalue weighted by atomic mass is 9.96. The van der Waals surface area contributed by atoms with Crippen LogP contribution in [0, 0.1) is 0 Å². The number of carbonyl (C=O) groups excluding carboxylic acids is 2. The van der Waals surface area contributed by atoms with Crippen LogP contribution >= 0.6 is 0 Å². The molecule has 3 aromatic rings. The van der Waals surface area contributed by atoms with Crippen LogP contribution in [0.1, 0.15) is 42.4 Å². The lowest BCUT2D eigenvalue weighted by Crippen LogP contribution is -2.61. The van der Waals surface area contributed by atoms with Gasteiger partial charge in [0.1, 0.15) is 12.1 Å². The molecular formula is C31H33N3O5. The summed E-state index contributed by atoms with van der Waals surface area (Å²) in [5, 5.41) is 14.8. The summed E-state index contributed by atoms with van der Waals surface area (Å²) < 4.78 is 5.76. The van der Waals surface area contributed by atoms with Crippen LogP contribution in [0.4, 0.5) is 4.79 Å². The average Bonchev–Trinajstić information content (AvgIpc) is 3.47. The minimum Gasteiger partial charge on any atom is -0.481 e. The first-order chi connectivity index (χ1) is 18.8. The predicted octanol–water partition coefficient (Wildman–Crippen LogP) is 4.15. The van der Waals surface area contributed by atoms with Crippen molar-refractivity contribution in [2.24, 2.45) is 0 Å². The van der Waals surface area contributed by atoms with E-state index in [2.05, 4.69) is 39.8 Å². The van der Waals surface area contributed by atoms with Gasteiger partial charge in [-0.25, -0.2) is 4.79 Å². The molecule has 1 unspecified atom stereocenters. The first kappa shape index (κ1) is 26.4. The fraction of sp³-hybridized carbons (Fsp3) is 0.323. The molecule has 1 aliphatic carbocycles. The number of carboxylic acids is 1. The zero-order valence-corrected chi connectivity index (χ0v) is 21.9. The second kappa shape index (κ2) is 11.3. The van der Waals surface area contributed by atoms with Gasteiger partial charge in [0.05, 0.1) is 6.42 Å². The standard InChI is InChI=1S/C31H33N3O5/c1-21(17-28(35)36)32-29(37)31(15-16-34(20-31)18-22-9-3-2-4-10-22)33-30(38)39-19-27-25-13-7-5-11-23(25)24-12-6-8-14-26(24)27/h2-14,21,27H,15-20H2,1H3,(H,32,37)(H,33,38)(H,35,36)/t21-,31?/m0/s1. The number of amides is 2. The Bertz CT molecular complexity index is 1320. The smallest absolute Gasteiger partial charge is 0.408 e. The Hall–Kier alpha value is -4.17. The third-order valence-electron chi connectivity index (χ3n) is 7.58. The Kier molecular flexibility index (Phi) is 7.65. The lowest BCUT2D eigenvalue weighted by molar-refractivity contribution is -0.137. The molecule has 0 bridgehead atoms. The molecule has 3 aromatic carbocycles. The van der Waals surface area contributed by atoms with Crippen LogP contribution in [0.3, 0.4) is 0 Å². The largest absolute Gasteiger partial charge is 0.481 e. The second-order valence-corrected chi connectivity index (χ2v) is 10.5. The van der Waals surface area contributed by atoms with Crippen molar-refractivity contribution < 1.29 is 24.2 Å². The summed E-state index contributed by atoms with van der Waals surface area (Å²) in [6.45, 7) is 3.30. The van der Waals surface area contributed by atoms with Gasteiger partial charge in [0.15, 0.2) is 0 Å². The Morgan fingerprint density at radius 1 is 0.974 bits per heavy atom. The van der Waals surface area contributed by atoms with Gasteiger partial charge in [0.25, 0.3) is 0 Å². The average molecular weight is 528 g/mol. The van der Waals surface area contributed by atoms with E-state index < -0.39 is 29.6 Å². The highest BCUT2D eigenvalue weighted by Crippen LogP contribution is 2.44. The number of benzene rings is 3. The number of ether oxygens (including phenoxy) is 1. The SMILES string of the molecule is C[C@@H](CC(=O)O)NC(=O)C1(NC(=O)OCC2c3ccccc3-c3ccccc32)CCN(Cc2ccccc2)C1. The van der Waals surface area contributed by atoms with Gasteiger partial charge >= 0.3 is 12.1 Å². The molecule has 39 heavy (non-hydrogen) atoms. The maximum absolute atomic E-state index is 13.5. The van der Waals surface area contributed by atoms with E-state index in [9.17, 15) is 14.4 Å². The van der Waals surface area contributed by atoms with Crippen molar-refractivity contribution in [2.75, 3.05) is 19.7 Å². The van der Waals surface area contributed by atoms with Gasteiger partial charge in [-0.1, -0.05) is 78.9 Å². The molecule has 3 N–H and O–H groups in total. The molecule has 5 rings (SSSR count). The van der Waals surface area contributed by atoms with Gasteiger partial charge in [-0.2, -0.15) is 0 Å². The Balaban J connectivity index is 1.30. The van der Waals surface area contributed by atoms with Crippen LogP contribution in [0.25, 0.3) is 11.1 Å². The molecule has 2 amide bonds. The third kappa shape index (κ3) is 5.81. The monoisotopic (exact) mass is 527 g/mol. The molecule has 0 aromatic heterocycles. The highest BCUT2D eigenvalue weighted by atomic mass is 16.5. The van der Waals surface area contributed by atoms with Crippen LogP contribution in [0.5, 0.6) is 0 Å². The topological polar surface area (TPSA) is 108 Å². The number of hydrogen-bond donors (Lipinski definition) is 3. The molecule has 1 heterocycles. The highest BCUT2D eigenvalue weighted by molar-refractivity contribution is 5.91. The molecule has 1 aliphatic heterocycles. The first-order valence-electron chi connectivity index (χ1n) is 13.3. The number of aliphatic carboxylic acids is 1. The molecular weight excluding hydrogens is 494 g/mol. The van der Waals surface area contributed by atoms with Crippen LogP contribution in [0.15, 0.2) is 78.9 Å². The summed E-state index contributed by atoms with van der Waals surface area (Å²) in [7, 11) is 0. The van der Waals surface area contributed by atoms with Crippen LogP contribution in [0.2, 0.25) is 0 Å². The summed E-state index contributed by atoms with van der Waals surface area (Å²) in [6.07, 6.45) is -0.490. The van der Waals surface area contributed by atoms with Gasteiger partial charge < -0.3 is 20.5 Å². The molecule has 202 valence electrons. The number of carbonyl (C=O) groups is 3. The molecule has 8 heteroatoms. The van der Waals surface area contributed by atoms with E-state index in [-0.39, 0.29) is 25.5 Å². The summed E-state index contributed by atoms with van der Waals surface area (Å²) in [6, 6.07) is 25.6. The van der Waals surface area contributed by atoms with E-state index in [1.165, 1.54) is 0 Å². The van der Waals surface area contributed by atoms with Crippen molar-refractivity contribution in [3.05, 3.63) is 95.6 Å². The van der Waals surface area contributed by atoms with E-state index in [4.69, 9.17) is 9.84 Å². The van der Waals surface area contributed by atoms with Crippen molar-refractivity contribution >= 4 is 18.0 Å². The van der Waals surface area contributed by atoms with E-state index in [1.807, 2.05) is 54.6 Å². The molecule has 0 saturated carbocycles. The third-order valence-corrected chi connectivity index (χ3v) is 7.58. The normalized spacial score (nSPS) is 19.1. The van der Waals surface area contributed by atoms with Gasteiger partial charge in [-0.15, -0.1) is 0 Å².